The number of aryl methyl sites for hydroxylation is 1. The van der Waals surface area contributed by atoms with Gasteiger partial charge in [-0.1, -0.05) is 78.0 Å². The molecule has 5 rings (SSSR count). The van der Waals surface area contributed by atoms with Crippen LogP contribution in [0.15, 0.2) is 100 Å². The lowest BCUT2D eigenvalue weighted by atomic mass is 10.2. The molecule has 2 amide bonds. The highest BCUT2D eigenvalue weighted by atomic mass is 32.2. The lowest BCUT2D eigenvalue weighted by Crippen LogP contribution is -3.13. The summed E-state index contributed by atoms with van der Waals surface area (Å²) in [6.45, 7) is 6.31. The number of imide groups is 1. The third kappa shape index (κ3) is 4.65. The summed E-state index contributed by atoms with van der Waals surface area (Å²) in [7, 11) is 0. The zero-order valence-corrected chi connectivity index (χ0v) is 20.1. The van der Waals surface area contributed by atoms with Gasteiger partial charge in [-0.2, -0.15) is 0 Å². The average Bonchev–Trinajstić information content (AvgIpc) is 3.11. The van der Waals surface area contributed by atoms with Crippen molar-refractivity contribution in [3.05, 3.63) is 107 Å². The van der Waals surface area contributed by atoms with E-state index in [-0.39, 0.29) is 11.8 Å². The Balaban J connectivity index is 1.40. The predicted octanol–water partition coefficient (Wildman–Crippen LogP) is 3.27. The number of rotatable bonds is 6. The predicted molar refractivity (Wildman–Crippen MR) is 135 cm³/mol. The molecule has 6 heteroatoms. The fraction of sp³-hybridized carbons (Fsp3) is 0.214. The van der Waals surface area contributed by atoms with Crippen LogP contribution in [0.5, 0.6) is 0 Å². The Hall–Kier alpha value is -3.35. The summed E-state index contributed by atoms with van der Waals surface area (Å²) in [5.41, 5.74) is 3.57. The topological polar surface area (TPSA) is 45.1 Å². The molecule has 2 heterocycles. The first-order chi connectivity index (χ1) is 16.6. The van der Waals surface area contributed by atoms with Gasteiger partial charge in [-0.15, -0.1) is 0 Å². The minimum Gasteiger partial charge on any atom is -0.355 e. The second kappa shape index (κ2) is 9.87. The van der Waals surface area contributed by atoms with Crippen LogP contribution >= 0.6 is 11.8 Å². The van der Waals surface area contributed by atoms with E-state index in [1.165, 1.54) is 27.1 Å². The van der Waals surface area contributed by atoms with Crippen LogP contribution in [0.4, 0.5) is 5.69 Å². The number of thioether (sulfide) groups is 1. The van der Waals surface area contributed by atoms with E-state index in [9.17, 15) is 9.59 Å². The van der Waals surface area contributed by atoms with Crippen LogP contribution in [0, 0.1) is 6.92 Å². The number of nitrogens with zero attached hydrogens (tertiary/aromatic N) is 2. The number of quaternary nitrogens is 1. The van der Waals surface area contributed by atoms with Gasteiger partial charge in [0.05, 0.1) is 31.9 Å². The van der Waals surface area contributed by atoms with Crippen LogP contribution in [0.3, 0.4) is 0 Å². The molecule has 1 saturated heterocycles. The van der Waals surface area contributed by atoms with Crippen LogP contribution in [0.1, 0.15) is 11.1 Å². The molecule has 0 bridgehead atoms. The van der Waals surface area contributed by atoms with Gasteiger partial charge in [0.15, 0.2) is 0 Å². The first-order valence-electron chi connectivity index (χ1n) is 11.7. The van der Waals surface area contributed by atoms with Crippen molar-refractivity contribution in [1.82, 2.24) is 4.90 Å². The largest absolute Gasteiger partial charge is 0.355 e. The number of amides is 2. The van der Waals surface area contributed by atoms with Gasteiger partial charge in [-0.25, -0.2) is 4.90 Å². The third-order valence-electron chi connectivity index (χ3n) is 6.36. The van der Waals surface area contributed by atoms with Crippen LogP contribution < -0.4 is 9.80 Å². The number of carbonyl (C=O) groups excluding carboxylic acids is 2. The van der Waals surface area contributed by atoms with Gasteiger partial charge in [0.2, 0.25) is 0 Å². The molecule has 0 aromatic heterocycles. The van der Waals surface area contributed by atoms with Crippen molar-refractivity contribution in [3.8, 4) is 0 Å². The van der Waals surface area contributed by atoms with Crippen LogP contribution in [0.25, 0.3) is 0 Å². The minimum absolute atomic E-state index is 0.223. The number of nitrogens with one attached hydrogen (secondary N) is 1. The van der Waals surface area contributed by atoms with Crippen molar-refractivity contribution in [2.24, 2.45) is 0 Å². The molecule has 0 atom stereocenters. The lowest BCUT2D eigenvalue weighted by molar-refractivity contribution is -0.917. The van der Waals surface area contributed by atoms with Gasteiger partial charge >= 0.3 is 0 Å². The first kappa shape index (κ1) is 22.4. The normalized spacial score (nSPS) is 17.1. The molecule has 0 spiro atoms. The summed E-state index contributed by atoms with van der Waals surface area (Å²) in [5.74, 6) is -0.462. The van der Waals surface area contributed by atoms with Gasteiger partial charge in [-0.05, 0) is 31.2 Å². The Kier molecular flexibility index (Phi) is 6.52. The molecule has 5 nitrogen and oxygen atoms in total. The second-order valence-corrected chi connectivity index (χ2v) is 9.86. The maximum atomic E-state index is 13.7. The summed E-state index contributed by atoms with van der Waals surface area (Å²) < 4.78 is 0. The molecule has 34 heavy (non-hydrogen) atoms. The summed E-state index contributed by atoms with van der Waals surface area (Å²) in [5, 5.41) is 0. The lowest BCUT2D eigenvalue weighted by Gasteiger charge is -2.34. The summed E-state index contributed by atoms with van der Waals surface area (Å²) >= 11 is 1.39. The Bertz CT molecular complexity index is 1200. The van der Waals surface area contributed by atoms with Crippen molar-refractivity contribution >= 4 is 29.3 Å². The molecule has 0 aliphatic carbocycles. The molecule has 2 aliphatic rings. The van der Waals surface area contributed by atoms with E-state index in [0.717, 1.165) is 43.2 Å². The van der Waals surface area contributed by atoms with Crippen molar-refractivity contribution < 1.29 is 14.5 Å². The summed E-state index contributed by atoms with van der Waals surface area (Å²) in [6, 6.07) is 27.9. The number of hydrogen-bond donors (Lipinski definition) is 1. The Morgan fingerprint density at radius 2 is 1.41 bits per heavy atom. The molecule has 172 valence electrons. The van der Waals surface area contributed by atoms with Crippen molar-refractivity contribution in [3.63, 3.8) is 0 Å². The van der Waals surface area contributed by atoms with Gasteiger partial charge in [0.25, 0.3) is 11.8 Å². The van der Waals surface area contributed by atoms with Gasteiger partial charge < -0.3 is 9.80 Å². The van der Waals surface area contributed by atoms with Crippen LogP contribution in [0.2, 0.25) is 0 Å². The van der Waals surface area contributed by atoms with Gasteiger partial charge in [0, 0.05) is 10.5 Å². The van der Waals surface area contributed by atoms with Gasteiger partial charge in [0.1, 0.15) is 17.1 Å². The molecule has 3 aromatic rings. The van der Waals surface area contributed by atoms with E-state index in [0.29, 0.717) is 16.3 Å². The summed E-state index contributed by atoms with van der Waals surface area (Å²) in [4.78, 5) is 33.6. The standard InChI is InChI=1S/C28H27N3O2S/c1-21-12-14-23(15-13-21)31-27(32)25(26(28(31)33)34-24-10-6-3-7-11-24)30-18-16-29(17-19-30)20-22-8-4-2-5-9-22/h2-15H,16-20H2,1H3/p+1. The average molecular weight is 471 g/mol. The molecule has 1 N–H and O–H groups in total. The highest BCUT2D eigenvalue weighted by Gasteiger charge is 2.43. The van der Waals surface area contributed by atoms with E-state index in [2.05, 4.69) is 29.2 Å². The number of carbonyl (C=O) groups is 2. The highest BCUT2D eigenvalue weighted by molar-refractivity contribution is 8.04. The van der Waals surface area contributed by atoms with Crippen molar-refractivity contribution in [1.29, 1.82) is 0 Å². The molecule has 0 unspecified atom stereocenters. The fourth-order valence-electron chi connectivity index (χ4n) is 4.51. The van der Waals surface area contributed by atoms with Gasteiger partial charge in [-0.3, -0.25) is 9.59 Å². The quantitative estimate of drug-likeness (QED) is 0.562. The first-order valence-corrected chi connectivity index (χ1v) is 12.5. The number of anilines is 1. The van der Waals surface area contributed by atoms with Crippen LogP contribution in [-0.2, 0) is 16.1 Å². The second-order valence-electron chi connectivity index (χ2n) is 8.77. The summed E-state index contributed by atoms with van der Waals surface area (Å²) in [6.07, 6.45) is 0. The van der Waals surface area contributed by atoms with E-state index < -0.39 is 0 Å². The van der Waals surface area contributed by atoms with E-state index in [1.807, 2.05) is 67.6 Å². The smallest absolute Gasteiger partial charge is 0.283 e. The zero-order chi connectivity index (χ0) is 23.5. The van der Waals surface area contributed by atoms with E-state index in [4.69, 9.17) is 0 Å². The fourth-order valence-corrected chi connectivity index (χ4v) is 5.53. The Morgan fingerprint density at radius 1 is 0.794 bits per heavy atom. The minimum atomic E-state index is -0.239. The molecule has 0 saturated carbocycles. The zero-order valence-electron chi connectivity index (χ0n) is 19.2. The molecule has 0 radical (unpaired) electrons. The van der Waals surface area contributed by atoms with E-state index >= 15 is 0 Å². The molecular weight excluding hydrogens is 442 g/mol. The number of hydrogen-bond acceptors (Lipinski definition) is 4. The molecular formula is C28H28N3O2S+. The SMILES string of the molecule is Cc1ccc(N2C(=O)C(Sc3ccccc3)=C(N3CC[NH+](Cc4ccccc4)CC3)C2=O)cc1. The van der Waals surface area contributed by atoms with Crippen molar-refractivity contribution in [2.75, 3.05) is 31.1 Å². The maximum Gasteiger partial charge on any atom is 0.283 e. The van der Waals surface area contributed by atoms with Crippen molar-refractivity contribution in [2.45, 2.75) is 18.4 Å². The van der Waals surface area contributed by atoms with E-state index in [1.54, 1.807) is 0 Å². The number of piperazine rings is 1. The third-order valence-corrected chi connectivity index (χ3v) is 7.44. The molecule has 2 aliphatic heterocycles. The highest BCUT2D eigenvalue weighted by Crippen LogP contribution is 2.38. The number of benzene rings is 3. The Labute approximate surface area is 204 Å². The molecule has 1 fully saturated rings. The Morgan fingerprint density at radius 3 is 2.06 bits per heavy atom. The monoisotopic (exact) mass is 470 g/mol. The maximum absolute atomic E-state index is 13.7. The van der Waals surface area contributed by atoms with Crippen LogP contribution in [-0.4, -0.2) is 42.9 Å². The molecule has 3 aromatic carbocycles.